The number of benzene rings is 6. The third kappa shape index (κ3) is 11.3. The second-order valence-corrected chi connectivity index (χ2v) is 15.6. The van der Waals surface area contributed by atoms with Gasteiger partial charge in [0.1, 0.15) is 18.1 Å². The lowest BCUT2D eigenvalue weighted by atomic mass is 10.1. The van der Waals surface area contributed by atoms with Crippen LogP contribution in [-0.4, -0.2) is 57.4 Å². The summed E-state index contributed by atoms with van der Waals surface area (Å²) < 4.78 is 139. The Morgan fingerprint density at radius 2 is 1.04 bits per heavy atom. The van der Waals surface area contributed by atoms with Gasteiger partial charge in [-0.05, 0) is 84.9 Å². The van der Waals surface area contributed by atoms with Crippen LogP contribution in [0.2, 0.25) is 10.0 Å². The standard InChI is InChI=1S/C47H30Cl2F8N8O7/c1-69-42-22-58-36-12-6-28(20-38(36)62-42)71-40-16-24(2-10-34(40)50)60-44(67)64(26-4-8-32(48)30(18-26)46(52,53)54)65(27-5-9-33(49)31(19-27)47(55,56)57)45(68)61-25-3-11-35(51)41(17-25)72-29-7-13-37-39(21-29)63-43(23-59-37)70-15-14-66/h2-13,16-23,66H,14-15H2,1H3,(H,60,67)(H,61,68). The van der Waals surface area contributed by atoms with E-state index in [0.29, 0.717) is 23.2 Å². The van der Waals surface area contributed by atoms with Crippen molar-refractivity contribution in [2.75, 3.05) is 41.0 Å². The maximum Gasteiger partial charge on any atom is 0.417 e. The first-order valence-corrected chi connectivity index (χ1v) is 21.2. The van der Waals surface area contributed by atoms with Crippen LogP contribution < -0.4 is 39.6 Å². The highest BCUT2D eigenvalue weighted by atomic mass is 35.5. The number of rotatable bonds is 12. The Balaban J connectivity index is 1.18. The second-order valence-electron chi connectivity index (χ2n) is 14.8. The fraction of sp³-hybridized carbons (Fsp3) is 0.106. The van der Waals surface area contributed by atoms with Crippen LogP contribution in [0, 0.1) is 11.6 Å². The topological polar surface area (TPSA) is 173 Å². The number of carbonyl (C=O) groups excluding carboxylic acids is 2. The molecule has 0 saturated heterocycles. The van der Waals surface area contributed by atoms with E-state index in [1.54, 1.807) is 0 Å². The van der Waals surface area contributed by atoms with Gasteiger partial charge in [0.25, 0.3) is 0 Å². The van der Waals surface area contributed by atoms with Gasteiger partial charge in [-0.25, -0.2) is 38.3 Å². The molecule has 370 valence electrons. The molecule has 0 atom stereocenters. The number of alkyl halides is 6. The van der Waals surface area contributed by atoms with Crippen molar-refractivity contribution in [3.63, 3.8) is 0 Å². The molecule has 6 aromatic carbocycles. The molecule has 0 unspecified atom stereocenters. The number of nitrogens with one attached hydrogen (secondary N) is 2. The van der Waals surface area contributed by atoms with Gasteiger partial charge in [-0.15, -0.1) is 0 Å². The Hall–Kier alpha value is -8.28. The summed E-state index contributed by atoms with van der Waals surface area (Å²) in [5.41, 5.74) is -4.00. The zero-order chi connectivity index (χ0) is 51.5. The van der Waals surface area contributed by atoms with Crippen LogP contribution in [0.4, 0.5) is 67.5 Å². The van der Waals surface area contributed by atoms with Gasteiger partial charge in [-0.3, -0.25) is 0 Å². The molecule has 0 bridgehead atoms. The number of halogens is 10. The average molecular weight is 1040 g/mol. The number of amides is 4. The molecule has 8 rings (SSSR count). The normalized spacial score (nSPS) is 11.6. The molecular formula is C47H30Cl2F8N8O7. The molecular weight excluding hydrogens is 1010 g/mol. The molecule has 0 spiro atoms. The Bertz CT molecular complexity index is 3370. The number of aliphatic hydroxyl groups excluding tert-OH is 1. The van der Waals surface area contributed by atoms with E-state index in [0.717, 1.165) is 60.7 Å². The highest BCUT2D eigenvalue weighted by Gasteiger charge is 2.39. The molecule has 0 aliphatic rings. The number of aliphatic hydroxyl groups is 1. The van der Waals surface area contributed by atoms with Gasteiger partial charge in [0.15, 0.2) is 23.1 Å². The van der Waals surface area contributed by atoms with Gasteiger partial charge < -0.3 is 34.7 Å². The van der Waals surface area contributed by atoms with E-state index in [1.165, 1.54) is 55.9 Å². The summed E-state index contributed by atoms with van der Waals surface area (Å²) in [5.74, 6) is -2.75. The fourth-order valence-electron chi connectivity index (χ4n) is 6.69. The van der Waals surface area contributed by atoms with Crippen molar-refractivity contribution in [1.29, 1.82) is 0 Å². The van der Waals surface area contributed by atoms with Gasteiger partial charge in [-0.2, -0.15) is 36.4 Å². The number of carbonyl (C=O) groups is 2. The summed E-state index contributed by atoms with van der Waals surface area (Å²) in [6.45, 7) is -0.386. The third-order valence-corrected chi connectivity index (χ3v) is 10.6. The molecule has 15 nitrogen and oxygen atoms in total. The molecule has 0 radical (unpaired) electrons. The molecule has 0 fully saturated rings. The molecule has 0 aliphatic heterocycles. The van der Waals surface area contributed by atoms with Gasteiger partial charge in [0.05, 0.1) is 80.7 Å². The molecule has 2 aromatic heterocycles. The number of methoxy groups -OCH3 is 1. The van der Waals surface area contributed by atoms with E-state index >= 15 is 8.78 Å². The van der Waals surface area contributed by atoms with Crippen molar-refractivity contribution in [1.82, 2.24) is 19.9 Å². The van der Waals surface area contributed by atoms with Crippen molar-refractivity contribution in [3.05, 3.63) is 154 Å². The molecule has 0 saturated carbocycles. The van der Waals surface area contributed by atoms with Crippen LogP contribution in [0.1, 0.15) is 11.1 Å². The van der Waals surface area contributed by atoms with Gasteiger partial charge in [-0.1, -0.05) is 23.2 Å². The number of hydrogen-bond donors (Lipinski definition) is 3. The number of anilines is 4. The van der Waals surface area contributed by atoms with E-state index < -0.39 is 80.1 Å². The largest absolute Gasteiger partial charge is 0.480 e. The molecule has 4 amide bonds. The van der Waals surface area contributed by atoms with Gasteiger partial charge >= 0.3 is 24.4 Å². The number of hydrazine groups is 1. The SMILES string of the molecule is COc1cnc2ccc(Oc3cc(NC(=O)N(c4ccc(Cl)c(C(F)(F)F)c4)N(C(=O)Nc4ccc(F)c(Oc5ccc6ncc(OCCO)nc6c5)c4)c4ccc(Cl)c(C(F)(F)F)c4)ccc3F)cc2n1. The summed E-state index contributed by atoms with van der Waals surface area (Å²) in [6, 6.07) is 15.0. The van der Waals surface area contributed by atoms with Crippen molar-refractivity contribution in [3.8, 4) is 34.8 Å². The number of aromatic nitrogens is 4. The Morgan fingerprint density at radius 1 is 0.597 bits per heavy atom. The first-order chi connectivity index (χ1) is 34.3. The summed E-state index contributed by atoms with van der Waals surface area (Å²) in [7, 11) is 1.37. The zero-order valence-electron chi connectivity index (χ0n) is 36.3. The Morgan fingerprint density at radius 3 is 1.47 bits per heavy atom. The predicted molar refractivity (Wildman–Crippen MR) is 247 cm³/mol. The quantitative estimate of drug-likeness (QED) is 0.0785. The lowest BCUT2D eigenvalue weighted by molar-refractivity contribution is -0.138. The predicted octanol–water partition coefficient (Wildman–Crippen LogP) is 12.9. The second kappa shape index (κ2) is 20.6. The fourth-order valence-corrected chi connectivity index (χ4v) is 7.14. The van der Waals surface area contributed by atoms with Gasteiger partial charge in [0.2, 0.25) is 11.8 Å². The van der Waals surface area contributed by atoms with E-state index in [4.69, 9.17) is 47.3 Å². The van der Waals surface area contributed by atoms with Crippen LogP contribution in [0.15, 0.2) is 122 Å². The summed E-state index contributed by atoms with van der Waals surface area (Å²) >= 11 is 11.9. The lowest BCUT2D eigenvalue weighted by Crippen LogP contribution is -2.54. The third-order valence-electron chi connectivity index (χ3n) is 9.94. The van der Waals surface area contributed by atoms with E-state index in [1.807, 2.05) is 0 Å². The Kier molecular flexibility index (Phi) is 14.3. The Labute approximate surface area is 410 Å². The van der Waals surface area contributed by atoms with Crippen LogP contribution in [0.5, 0.6) is 34.8 Å². The minimum atomic E-state index is -5.19. The van der Waals surface area contributed by atoms with Crippen molar-refractivity contribution >= 4 is 80.1 Å². The molecule has 2 heterocycles. The minimum Gasteiger partial charge on any atom is -0.480 e. The number of nitrogens with zero attached hydrogens (tertiary/aromatic N) is 6. The van der Waals surface area contributed by atoms with Crippen LogP contribution >= 0.6 is 23.2 Å². The first kappa shape index (κ1) is 50.1. The molecule has 3 N–H and O–H groups in total. The summed E-state index contributed by atoms with van der Waals surface area (Å²) in [6.07, 6.45) is -7.70. The van der Waals surface area contributed by atoms with Crippen molar-refractivity contribution in [2.24, 2.45) is 0 Å². The highest BCUT2D eigenvalue weighted by molar-refractivity contribution is 6.32. The zero-order valence-corrected chi connectivity index (χ0v) is 37.8. The summed E-state index contributed by atoms with van der Waals surface area (Å²) in [4.78, 5) is 46.3. The molecule has 25 heteroatoms. The van der Waals surface area contributed by atoms with E-state index in [2.05, 4.69) is 30.6 Å². The summed E-state index contributed by atoms with van der Waals surface area (Å²) in [5, 5.41) is 12.5. The first-order valence-electron chi connectivity index (χ1n) is 20.5. The minimum absolute atomic E-state index is 0.00593. The maximum absolute atomic E-state index is 15.4. The van der Waals surface area contributed by atoms with E-state index in [-0.39, 0.29) is 68.9 Å². The van der Waals surface area contributed by atoms with E-state index in [9.17, 15) is 35.9 Å². The van der Waals surface area contributed by atoms with Crippen molar-refractivity contribution < 1.29 is 68.8 Å². The maximum atomic E-state index is 15.4. The van der Waals surface area contributed by atoms with Crippen LogP contribution in [0.25, 0.3) is 22.1 Å². The number of ether oxygens (including phenoxy) is 4. The van der Waals surface area contributed by atoms with Crippen LogP contribution in [-0.2, 0) is 12.4 Å². The molecule has 8 aromatic rings. The van der Waals surface area contributed by atoms with Crippen molar-refractivity contribution in [2.45, 2.75) is 12.4 Å². The van der Waals surface area contributed by atoms with Crippen LogP contribution in [0.3, 0.4) is 0 Å². The lowest BCUT2D eigenvalue weighted by Gasteiger charge is -2.35. The smallest absolute Gasteiger partial charge is 0.417 e. The van der Waals surface area contributed by atoms with Gasteiger partial charge in [0, 0.05) is 35.6 Å². The molecule has 0 aliphatic carbocycles. The number of fused-ring (bicyclic) bond motifs is 2. The molecule has 72 heavy (non-hydrogen) atoms. The highest BCUT2D eigenvalue weighted by Crippen LogP contribution is 2.41. The monoisotopic (exact) mass is 1040 g/mol. The number of hydrogen-bond acceptors (Lipinski definition) is 11. The average Bonchev–Trinajstić information content (AvgIpc) is 3.34. The number of urea groups is 2.